The summed E-state index contributed by atoms with van der Waals surface area (Å²) in [4.78, 5) is 30.5. The van der Waals surface area contributed by atoms with E-state index in [1.807, 2.05) is 35.0 Å². The fourth-order valence-electron chi connectivity index (χ4n) is 4.38. The summed E-state index contributed by atoms with van der Waals surface area (Å²) >= 11 is 6.08. The van der Waals surface area contributed by atoms with Crippen LogP contribution in [0.5, 0.6) is 0 Å². The normalized spacial score (nSPS) is 14.6. The van der Waals surface area contributed by atoms with Crippen molar-refractivity contribution in [3.05, 3.63) is 63.9 Å². The van der Waals surface area contributed by atoms with Gasteiger partial charge in [0.15, 0.2) is 5.78 Å². The molecule has 2 heterocycles. The molecule has 0 atom stereocenters. The van der Waals surface area contributed by atoms with Crippen molar-refractivity contribution in [2.75, 3.05) is 0 Å². The summed E-state index contributed by atoms with van der Waals surface area (Å²) in [6.07, 6.45) is 4.96. The Morgan fingerprint density at radius 1 is 1.21 bits per heavy atom. The molecule has 2 aromatic heterocycles. The molecule has 0 unspecified atom stereocenters. The first kappa shape index (κ1) is 23.5. The topological polar surface area (TPSA) is 72.2 Å². The molecule has 3 aromatic rings. The number of carboxylic acid groups (broad SMARTS) is 1. The highest BCUT2D eigenvalue weighted by Crippen LogP contribution is 2.38. The van der Waals surface area contributed by atoms with Crippen molar-refractivity contribution in [3.8, 4) is 0 Å². The summed E-state index contributed by atoms with van der Waals surface area (Å²) in [5.74, 6) is -0.482. The Labute approximate surface area is 199 Å². The number of benzene rings is 1. The molecular formula is C27H31ClN2O3. The monoisotopic (exact) mass is 466 g/mol. The van der Waals surface area contributed by atoms with Gasteiger partial charge in [-0.25, -0.2) is 4.98 Å². The Balaban J connectivity index is 1.97. The minimum absolute atomic E-state index is 0.00831. The SMILES string of the molecule is CC(C)c1cnc2c(c1)c(C(=O)C1CCC1)c(CC(C)(C)C(=O)O)n2Cc1ccc(Cl)cc1. The predicted octanol–water partition coefficient (Wildman–Crippen LogP) is 6.50. The summed E-state index contributed by atoms with van der Waals surface area (Å²) in [7, 11) is 0. The predicted molar refractivity (Wildman–Crippen MR) is 131 cm³/mol. The Hall–Kier alpha value is -2.66. The molecule has 0 bridgehead atoms. The Morgan fingerprint density at radius 2 is 1.88 bits per heavy atom. The van der Waals surface area contributed by atoms with Crippen LogP contribution in [-0.4, -0.2) is 26.4 Å². The lowest BCUT2D eigenvalue weighted by atomic mass is 9.78. The molecule has 1 fully saturated rings. The largest absolute Gasteiger partial charge is 0.481 e. The van der Waals surface area contributed by atoms with Crippen molar-refractivity contribution in [2.45, 2.75) is 65.8 Å². The molecule has 6 heteroatoms. The van der Waals surface area contributed by atoms with E-state index in [1.54, 1.807) is 13.8 Å². The maximum atomic E-state index is 13.7. The van der Waals surface area contributed by atoms with Gasteiger partial charge in [0, 0.05) is 46.7 Å². The number of halogens is 1. The summed E-state index contributed by atoms with van der Waals surface area (Å²) in [6.45, 7) is 8.13. The van der Waals surface area contributed by atoms with Gasteiger partial charge in [-0.05, 0) is 61.9 Å². The molecule has 1 aliphatic carbocycles. The quantitative estimate of drug-likeness (QED) is 0.384. The van der Waals surface area contributed by atoms with Crippen molar-refractivity contribution in [1.29, 1.82) is 0 Å². The molecule has 174 valence electrons. The van der Waals surface area contributed by atoms with E-state index in [1.165, 1.54) is 0 Å². The number of ketones is 1. The number of fused-ring (bicyclic) bond motifs is 1. The van der Waals surface area contributed by atoms with Crippen LogP contribution in [0.25, 0.3) is 11.0 Å². The van der Waals surface area contributed by atoms with Crippen LogP contribution in [0.2, 0.25) is 5.02 Å². The van der Waals surface area contributed by atoms with Gasteiger partial charge in [0.25, 0.3) is 0 Å². The van der Waals surface area contributed by atoms with Crippen molar-refractivity contribution < 1.29 is 14.7 Å². The van der Waals surface area contributed by atoms with Crippen molar-refractivity contribution >= 4 is 34.4 Å². The highest BCUT2D eigenvalue weighted by Gasteiger charge is 2.36. The number of Topliss-reactive ketones (excluding diaryl/α,β-unsaturated/α-hetero) is 1. The number of carbonyl (C=O) groups is 2. The van der Waals surface area contributed by atoms with Crippen LogP contribution in [-0.2, 0) is 17.8 Å². The lowest BCUT2D eigenvalue weighted by molar-refractivity contribution is -0.146. The first-order valence-corrected chi connectivity index (χ1v) is 12.0. The van der Waals surface area contributed by atoms with Gasteiger partial charge in [-0.1, -0.05) is 44.0 Å². The van der Waals surface area contributed by atoms with E-state index in [0.717, 1.165) is 47.1 Å². The van der Waals surface area contributed by atoms with Gasteiger partial charge >= 0.3 is 5.97 Å². The van der Waals surface area contributed by atoms with Crippen molar-refractivity contribution in [3.63, 3.8) is 0 Å². The maximum Gasteiger partial charge on any atom is 0.309 e. The molecule has 1 aromatic carbocycles. The van der Waals surface area contributed by atoms with Gasteiger partial charge in [-0.3, -0.25) is 9.59 Å². The second-order valence-corrected chi connectivity index (χ2v) is 10.6. The fraction of sp³-hybridized carbons (Fsp3) is 0.444. The van der Waals surface area contributed by atoms with E-state index >= 15 is 0 Å². The number of nitrogens with zero attached hydrogens (tertiary/aromatic N) is 2. The summed E-state index contributed by atoms with van der Waals surface area (Å²) < 4.78 is 2.04. The van der Waals surface area contributed by atoms with Crippen LogP contribution in [0.4, 0.5) is 0 Å². The van der Waals surface area contributed by atoms with E-state index in [9.17, 15) is 14.7 Å². The Bertz CT molecular complexity index is 1200. The molecule has 1 aliphatic rings. The maximum absolute atomic E-state index is 13.7. The highest BCUT2D eigenvalue weighted by molar-refractivity contribution is 6.30. The first-order valence-electron chi connectivity index (χ1n) is 11.6. The van der Waals surface area contributed by atoms with E-state index in [4.69, 9.17) is 16.6 Å². The molecule has 0 amide bonds. The zero-order chi connectivity index (χ0) is 23.9. The standard InChI is InChI=1S/C27H31ClN2O3/c1-16(2)19-12-21-23(24(31)18-6-5-7-18)22(13-27(3,4)26(32)33)30(25(21)29-14-19)15-17-8-10-20(28)11-9-17/h8-12,14,16,18H,5-7,13,15H2,1-4H3,(H,32,33). The van der Waals surface area contributed by atoms with Crippen LogP contribution in [0.3, 0.4) is 0 Å². The number of hydrogen-bond donors (Lipinski definition) is 1. The summed E-state index contributed by atoms with van der Waals surface area (Å²) in [5.41, 5.74) is 3.21. The third kappa shape index (κ3) is 4.56. The van der Waals surface area contributed by atoms with Crippen LogP contribution < -0.4 is 0 Å². The first-order chi connectivity index (χ1) is 15.6. The molecule has 1 N–H and O–H groups in total. The second kappa shape index (κ2) is 8.94. The Morgan fingerprint density at radius 3 is 2.42 bits per heavy atom. The molecule has 1 saturated carbocycles. The average Bonchev–Trinajstić information content (AvgIpc) is 3.00. The van der Waals surface area contributed by atoms with Crippen LogP contribution in [0.15, 0.2) is 36.5 Å². The van der Waals surface area contributed by atoms with Gasteiger partial charge in [0.2, 0.25) is 0 Å². The second-order valence-electron chi connectivity index (χ2n) is 10.2. The van der Waals surface area contributed by atoms with Crippen LogP contribution in [0.1, 0.15) is 80.1 Å². The summed E-state index contributed by atoms with van der Waals surface area (Å²) in [6, 6.07) is 9.67. The lowest BCUT2D eigenvalue weighted by Crippen LogP contribution is -2.29. The number of hydrogen-bond acceptors (Lipinski definition) is 3. The molecule has 5 nitrogen and oxygen atoms in total. The van der Waals surface area contributed by atoms with Crippen LogP contribution >= 0.6 is 11.6 Å². The van der Waals surface area contributed by atoms with Crippen molar-refractivity contribution in [1.82, 2.24) is 9.55 Å². The molecule has 0 aliphatic heterocycles. The van der Waals surface area contributed by atoms with E-state index in [-0.39, 0.29) is 24.0 Å². The van der Waals surface area contributed by atoms with Gasteiger partial charge in [-0.15, -0.1) is 0 Å². The van der Waals surface area contributed by atoms with Crippen molar-refractivity contribution in [2.24, 2.45) is 11.3 Å². The van der Waals surface area contributed by atoms with E-state index < -0.39 is 11.4 Å². The van der Waals surface area contributed by atoms with Gasteiger partial charge in [-0.2, -0.15) is 0 Å². The number of rotatable bonds is 8. The third-order valence-corrected chi connectivity index (χ3v) is 7.11. The van der Waals surface area contributed by atoms with Gasteiger partial charge in [0.05, 0.1) is 5.41 Å². The number of carboxylic acids is 1. The number of carbonyl (C=O) groups excluding carboxylic acids is 1. The molecule has 0 spiro atoms. The summed E-state index contributed by atoms with van der Waals surface area (Å²) in [5, 5.41) is 11.4. The molecule has 4 rings (SSSR count). The zero-order valence-electron chi connectivity index (χ0n) is 19.7. The minimum atomic E-state index is -1.03. The van der Waals surface area contributed by atoms with Crippen LogP contribution in [0, 0.1) is 11.3 Å². The van der Waals surface area contributed by atoms with Gasteiger partial charge in [0.1, 0.15) is 5.65 Å². The number of pyridine rings is 1. The zero-order valence-corrected chi connectivity index (χ0v) is 20.4. The minimum Gasteiger partial charge on any atom is -0.481 e. The molecule has 0 radical (unpaired) electrons. The molecule has 33 heavy (non-hydrogen) atoms. The lowest BCUT2D eigenvalue weighted by Gasteiger charge is -2.26. The van der Waals surface area contributed by atoms with Gasteiger partial charge < -0.3 is 9.67 Å². The average molecular weight is 467 g/mol. The third-order valence-electron chi connectivity index (χ3n) is 6.86. The van der Waals surface area contributed by atoms with E-state index in [0.29, 0.717) is 17.1 Å². The fourth-order valence-corrected chi connectivity index (χ4v) is 4.50. The highest BCUT2D eigenvalue weighted by atomic mass is 35.5. The molecule has 0 saturated heterocycles. The Kier molecular flexibility index (Phi) is 6.37. The number of aliphatic carboxylic acids is 1. The number of aromatic nitrogens is 2. The molecular weight excluding hydrogens is 436 g/mol. The smallest absolute Gasteiger partial charge is 0.309 e. The van der Waals surface area contributed by atoms with E-state index in [2.05, 4.69) is 19.9 Å².